The molecule has 0 spiro atoms. The zero-order chi connectivity index (χ0) is 12.3. The number of aromatic nitrogens is 2. The van der Waals surface area contributed by atoms with Crippen LogP contribution in [-0.2, 0) is 16.1 Å². The van der Waals surface area contributed by atoms with Gasteiger partial charge in [0.25, 0.3) is 5.91 Å². The van der Waals surface area contributed by atoms with Crippen LogP contribution >= 0.6 is 0 Å². The lowest BCUT2D eigenvalue weighted by atomic mass is 10.2. The summed E-state index contributed by atoms with van der Waals surface area (Å²) in [6.45, 7) is 5.72. The van der Waals surface area contributed by atoms with Crippen LogP contribution in [0.15, 0.2) is 12.3 Å². The smallest absolute Gasteiger partial charge is 0.254 e. The molecule has 2 heterocycles. The molecule has 0 radical (unpaired) electrons. The number of carbonyl (C=O) groups is 1. The first-order chi connectivity index (χ1) is 8.16. The van der Waals surface area contributed by atoms with Crippen LogP contribution in [0.5, 0.6) is 0 Å². The van der Waals surface area contributed by atoms with Crippen LogP contribution in [-0.4, -0.2) is 28.4 Å². The van der Waals surface area contributed by atoms with Gasteiger partial charge in [0, 0.05) is 19.2 Å². The zero-order valence-electron chi connectivity index (χ0n) is 10.3. The highest BCUT2D eigenvalue weighted by Gasteiger charge is 2.24. The third-order valence-corrected chi connectivity index (χ3v) is 2.73. The van der Waals surface area contributed by atoms with E-state index in [4.69, 9.17) is 4.74 Å². The fraction of sp³-hybridized carbons (Fsp3) is 0.667. The van der Waals surface area contributed by atoms with Crippen LogP contribution in [0.4, 0.5) is 5.82 Å². The van der Waals surface area contributed by atoms with Crippen molar-refractivity contribution < 1.29 is 9.53 Å². The maximum atomic E-state index is 11.9. The predicted octanol–water partition coefficient (Wildman–Crippen LogP) is 1.66. The standard InChI is InChI=1S/C12H19N3O2/c1-9(2)8-15-11(5-6-13-15)14-12(16)10-4-3-7-17-10/h5-6,9-10H,3-4,7-8H2,1-2H3,(H,14,16). The summed E-state index contributed by atoms with van der Waals surface area (Å²) in [4.78, 5) is 11.9. The number of nitrogens with one attached hydrogen (secondary N) is 1. The highest BCUT2D eigenvalue weighted by Crippen LogP contribution is 2.15. The second-order valence-electron chi connectivity index (χ2n) is 4.78. The van der Waals surface area contributed by atoms with Crippen molar-refractivity contribution in [2.24, 2.45) is 5.92 Å². The number of amides is 1. The van der Waals surface area contributed by atoms with Crippen LogP contribution < -0.4 is 5.32 Å². The number of anilines is 1. The summed E-state index contributed by atoms with van der Waals surface area (Å²) in [6.07, 6.45) is 3.18. The van der Waals surface area contributed by atoms with Crippen molar-refractivity contribution in [3.63, 3.8) is 0 Å². The molecule has 1 aromatic heterocycles. The van der Waals surface area contributed by atoms with E-state index >= 15 is 0 Å². The Morgan fingerprint density at radius 1 is 1.71 bits per heavy atom. The monoisotopic (exact) mass is 237 g/mol. The van der Waals surface area contributed by atoms with Crippen LogP contribution in [0.1, 0.15) is 26.7 Å². The molecular formula is C12H19N3O2. The van der Waals surface area contributed by atoms with Gasteiger partial charge >= 0.3 is 0 Å². The van der Waals surface area contributed by atoms with E-state index in [0.717, 1.165) is 25.2 Å². The van der Waals surface area contributed by atoms with Crippen molar-refractivity contribution in [2.75, 3.05) is 11.9 Å². The van der Waals surface area contributed by atoms with Crippen LogP contribution in [0.3, 0.4) is 0 Å². The lowest BCUT2D eigenvalue weighted by Crippen LogP contribution is -2.28. The second-order valence-corrected chi connectivity index (χ2v) is 4.78. The van der Waals surface area contributed by atoms with Crippen LogP contribution in [0, 0.1) is 5.92 Å². The van der Waals surface area contributed by atoms with Gasteiger partial charge in [0.2, 0.25) is 0 Å². The van der Waals surface area contributed by atoms with Gasteiger partial charge in [-0.05, 0) is 18.8 Å². The lowest BCUT2D eigenvalue weighted by molar-refractivity contribution is -0.124. The minimum Gasteiger partial charge on any atom is -0.368 e. The molecule has 1 unspecified atom stereocenters. The minimum absolute atomic E-state index is 0.0620. The van der Waals surface area contributed by atoms with E-state index in [1.807, 2.05) is 10.7 Å². The molecule has 0 saturated carbocycles. The van der Waals surface area contributed by atoms with Crippen LogP contribution in [0.25, 0.3) is 0 Å². The number of carbonyl (C=O) groups excluding carboxylic acids is 1. The van der Waals surface area contributed by atoms with Crippen molar-refractivity contribution in [3.8, 4) is 0 Å². The fourth-order valence-electron chi connectivity index (χ4n) is 1.92. The van der Waals surface area contributed by atoms with Crippen molar-refractivity contribution in [1.82, 2.24) is 9.78 Å². The first-order valence-electron chi connectivity index (χ1n) is 6.11. The molecule has 0 aliphatic carbocycles. The Hall–Kier alpha value is -1.36. The van der Waals surface area contributed by atoms with E-state index in [0.29, 0.717) is 12.5 Å². The van der Waals surface area contributed by atoms with Crippen LogP contribution in [0.2, 0.25) is 0 Å². The average Bonchev–Trinajstić information content (AvgIpc) is 2.89. The molecule has 5 nitrogen and oxygen atoms in total. The van der Waals surface area contributed by atoms with E-state index in [2.05, 4.69) is 24.3 Å². The average molecular weight is 237 g/mol. The van der Waals surface area contributed by atoms with Gasteiger partial charge in [-0.3, -0.25) is 4.79 Å². The number of ether oxygens (including phenoxy) is 1. The number of rotatable bonds is 4. The van der Waals surface area contributed by atoms with E-state index in [1.54, 1.807) is 6.20 Å². The Kier molecular flexibility index (Phi) is 3.78. The Balaban J connectivity index is 1.97. The third kappa shape index (κ3) is 3.06. The van der Waals surface area contributed by atoms with E-state index < -0.39 is 0 Å². The Morgan fingerprint density at radius 2 is 2.53 bits per heavy atom. The quantitative estimate of drug-likeness (QED) is 0.866. The molecule has 1 N–H and O–H groups in total. The highest BCUT2D eigenvalue weighted by atomic mass is 16.5. The summed E-state index contributed by atoms with van der Waals surface area (Å²) in [5.41, 5.74) is 0. The number of hydrogen-bond donors (Lipinski definition) is 1. The molecule has 1 fully saturated rings. The van der Waals surface area contributed by atoms with Gasteiger partial charge < -0.3 is 10.1 Å². The van der Waals surface area contributed by atoms with E-state index in [9.17, 15) is 4.79 Å². The van der Waals surface area contributed by atoms with Crippen molar-refractivity contribution in [1.29, 1.82) is 0 Å². The SMILES string of the molecule is CC(C)Cn1nccc1NC(=O)C1CCCO1. The Morgan fingerprint density at radius 3 is 3.18 bits per heavy atom. The molecule has 0 bridgehead atoms. The molecule has 1 aliphatic heterocycles. The topological polar surface area (TPSA) is 56.2 Å². The molecule has 1 aromatic rings. The van der Waals surface area contributed by atoms with Gasteiger partial charge in [-0.1, -0.05) is 13.8 Å². The molecule has 94 valence electrons. The first-order valence-corrected chi connectivity index (χ1v) is 6.11. The Bertz CT molecular complexity index is 381. The molecule has 5 heteroatoms. The molecular weight excluding hydrogens is 218 g/mol. The summed E-state index contributed by atoms with van der Waals surface area (Å²) in [5, 5.41) is 7.07. The Labute approximate surface area is 101 Å². The van der Waals surface area contributed by atoms with Crippen molar-refractivity contribution in [3.05, 3.63) is 12.3 Å². The minimum atomic E-state index is -0.294. The molecule has 1 atom stereocenters. The second kappa shape index (κ2) is 5.31. The van der Waals surface area contributed by atoms with Crippen molar-refractivity contribution >= 4 is 11.7 Å². The fourth-order valence-corrected chi connectivity index (χ4v) is 1.92. The molecule has 2 rings (SSSR count). The van der Waals surface area contributed by atoms with E-state index in [-0.39, 0.29) is 12.0 Å². The van der Waals surface area contributed by atoms with Gasteiger partial charge in [-0.15, -0.1) is 0 Å². The van der Waals surface area contributed by atoms with Gasteiger partial charge in [-0.25, -0.2) is 4.68 Å². The molecule has 1 saturated heterocycles. The van der Waals surface area contributed by atoms with Gasteiger partial charge in [0.05, 0.1) is 6.20 Å². The summed E-state index contributed by atoms with van der Waals surface area (Å²) in [6, 6.07) is 1.81. The summed E-state index contributed by atoms with van der Waals surface area (Å²) < 4.78 is 7.16. The highest BCUT2D eigenvalue weighted by molar-refractivity contribution is 5.93. The zero-order valence-corrected chi connectivity index (χ0v) is 10.3. The molecule has 0 aromatic carbocycles. The maximum absolute atomic E-state index is 11.9. The maximum Gasteiger partial charge on any atom is 0.254 e. The number of nitrogens with zero attached hydrogens (tertiary/aromatic N) is 2. The van der Waals surface area contributed by atoms with Gasteiger partial charge in [-0.2, -0.15) is 5.10 Å². The summed E-state index contributed by atoms with van der Waals surface area (Å²) in [5.74, 6) is 1.18. The summed E-state index contributed by atoms with van der Waals surface area (Å²) in [7, 11) is 0. The normalized spacial score (nSPS) is 19.8. The van der Waals surface area contributed by atoms with E-state index in [1.165, 1.54) is 0 Å². The predicted molar refractivity (Wildman–Crippen MR) is 64.7 cm³/mol. The van der Waals surface area contributed by atoms with Gasteiger partial charge in [0.1, 0.15) is 11.9 Å². The molecule has 17 heavy (non-hydrogen) atoms. The molecule has 1 aliphatic rings. The van der Waals surface area contributed by atoms with Crippen molar-refractivity contribution in [2.45, 2.75) is 39.3 Å². The third-order valence-electron chi connectivity index (χ3n) is 2.73. The van der Waals surface area contributed by atoms with Gasteiger partial charge in [0.15, 0.2) is 0 Å². The lowest BCUT2D eigenvalue weighted by Gasteiger charge is -2.13. The molecule has 1 amide bonds. The first kappa shape index (κ1) is 12.1. The largest absolute Gasteiger partial charge is 0.368 e. The number of hydrogen-bond acceptors (Lipinski definition) is 3. The summed E-state index contributed by atoms with van der Waals surface area (Å²) >= 11 is 0.